The van der Waals surface area contributed by atoms with Crippen LogP contribution in [-0.4, -0.2) is 31.1 Å². The van der Waals surface area contributed by atoms with Crippen LogP contribution in [0, 0.1) is 17.6 Å². The van der Waals surface area contributed by atoms with Crippen LogP contribution in [0.25, 0.3) is 0 Å². The first-order valence-corrected chi connectivity index (χ1v) is 8.16. The van der Waals surface area contributed by atoms with Gasteiger partial charge in [0.1, 0.15) is 11.6 Å². The van der Waals surface area contributed by atoms with Gasteiger partial charge in [-0.15, -0.1) is 24.8 Å². The van der Waals surface area contributed by atoms with Crippen molar-refractivity contribution in [1.29, 1.82) is 0 Å². The summed E-state index contributed by atoms with van der Waals surface area (Å²) in [6, 6.07) is 4.16. The van der Waals surface area contributed by atoms with Crippen molar-refractivity contribution >= 4 is 24.8 Å². The Labute approximate surface area is 149 Å². The average Bonchev–Trinajstić information content (AvgIpc) is 2.53. The third kappa shape index (κ3) is 4.79. The Balaban J connectivity index is 0.00000132. The van der Waals surface area contributed by atoms with E-state index in [1.807, 2.05) is 0 Å². The molecule has 1 heterocycles. The molecule has 0 radical (unpaired) electrons. The zero-order valence-electron chi connectivity index (χ0n) is 13.3. The molecule has 23 heavy (non-hydrogen) atoms. The molecule has 2 fully saturated rings. The normalized spacial score (nSPS) is 21.1. The van der Waals surface area contributed by atoms with E-state index in [-0.39, 0.29) is 42.5 Å². The van der Waals surface area contributed by atoms with Gasteiger partial charge in [0, 0.05) is 37.8 Å². The molecule has 2 aliphatic rings. The number of rotatable bonds is 3. The molecule has 1 atom stereocenters. The molecule has 132 valence electrons. The van der Waals surface area contributed by atoms with Crippen LogP contribution in [0.15, 0.2) is 18.2 Å². The summed E-state index contributed by atoms with van der Waals surface area (Å²) < 4.78 is 28.7. The third-order valence-electron chi connectivity index (χ3n) is 4.94. The topological polar surface area (TPSA) is 15.3 Å². The lowest BCUT2D eigenvalue weighted by Gasteiger charge is -2.41. The van der Waals surface area contributed by atoms with Gasteiger partial charge in [-0.2, -0.15) is 0 Å². The van der Waals surface area contributed by atoms with Crippen molar-refractivity contribution in [2.45, 2.75) is 38.1 Å². The van der Waals surface area contributed by atoms with E-state index >= 15 is 0 Å². The van der Waals surface area contributed by atoms with E-state index in [9.17, 15) is 8.78 Å². The van der Waals surface area contributed by atoms with Gasteiger partial charge in [-0.1, -0.05) is 25.3 Å². The van der Waals surface area contributed by atoms with Gasteiger partial charge in [0.15, 0.2) is 0 Å². The molecule has 1 saturated carbocycles. The fourth-order valence-corrected chi connectivity index (χ4v) is 3.92. The number of nitrogens with one attached hydrogen (secondary N) is 1. The molecule has 0 unspecified atom stereocenters. The van der Waals surface area contributed by atoms with E-state index < -0.39 is 0 Å². The summed E-state index contributed by atoms with van der Waals surface area (Å²) in [7, 11) is 0. The van der Waals surface area contributed by atoms with Crippen molar-refractivity contribution in [3.63, 3.8) is 0 Å². The minimum Gasteiger partial charge on any atom is -0.314 e. The lowest BCUT2D eigenvalue weighted by atomic mass is 9.80. The van der Waals surface area contributed by atoms with E-state index in [2.05, 4.69) is 10.2 Å². The molecule has 6 heteroatoms. The minimum absolute atomic E-state index is 0. The number of nitrogens with zero attached hydrogens (tertiary/aromatic N) is 1. The SMILES string of the molecule is Cl.Cl.Fc1cccc(F)c1[C@H](C1CCCCC1)N1CCNCC1. The lowest BCUT2D eigenvalue weighted by Crippen LogP contribution is -2.47. The van der Waals surface area contributed by atoms with Crippen molar-refractivity contribution in [2.24, 2.45) is 5.92 Å². The second kappa shape index (κ2) is 9.77. The second-order valence-corrected chi connectivity index (χ2v) is 6.26. The number of piperazine rings is 1. The highest BCUT2D eigenvalue weighted by molar-refractivity contribution is 5.85. The first kappa shape index (κ1) is 20.6. The summed E-state index contributed by atoms with van der Waals surface area (Å²) in [5, 5.41) is 3.32. The zero-order valence-corrected chi connectivity index (χ0v) is 14.9. The van der Waals surface area contributed by atoms with E-state index in [4.69, 9.17) is 0 Å². The van der Waals surface area contributed by atoms with E-state index in [0.29, 0.717) is 11.5 Å². The van der Waals surface area contributed by atoms with Crippen molar-refractivity contribution in [3.05, 3.63) is 35.4 Å². The van der Waals surface area contributed by atoms with Gasteiger partial charge in [-0.3, -0.25) is 4.90 Å². The number of hydrogen-bond acceptors (Lipinski definition) is 2. The maximum atomic E-state index is 14.3. The molecule has 1 saturated heterocycles. The fourth-order valence-electron chi connectivity index (χ4n) is 3.92. The highest BCUT2D eigenvalue weighted by Gasteiger charge is 2.34. The highest BCUT2D eigenvalue weighted by Crippen LogP contribution is 2.40. The quantitative estimate of drug-likeness (QED) is 0.855. The first-order chi connectivity index (χ1) is 10.3. The summed E-state index contributed by atoms with van der Waals surface area (Å²) in [4.78, 5) is 2.29. The Bertz CT molecular complexity index is 437. The molecule has 0 amide bonds. The Morgan fingerprint density at radius 2 is 1.52 bits per heavy atom. The second-order valence-electron chi connectivity index (χ2n) is 6.26. The Hall–Kier alpha value is -0.420. The predicted molar refractivity (Wildman–Crippen MR) is 94.6 cm³/mol. The molecule has 2 nitrogen and oxygen atoms in total. The molecule has 0 spiro atoms. The molecule has 0 aromatic heterocycles. The molecule has 1 N–H and O–H groups in total. The number of benzene rings is 1. The van der Waals surface area contributed by atoms with E-state index in [1.54, 1.807) is 0 Å². The summed E-state index contributed by atoms with van der Waals surface area (Å²) in [5.41, 5.74) is 0.298. The van der Waals surface area contributed by atoms with Crippen molar-refractivity contribution < 1.29 is 8.78 Å². The van der Waals surface area contributed by atoms with Gasteiger partial charge < -0.3 is 5.32 Å². The standard InChI is InChI=1S/C17H24F2N2.2ClH/c18-14-7-4-8-15(19)16(14)17(13-5-2-1-3-6-13)21-11-9-20-10-12-21;;/h4,7-8,13,17,20H,1-3,5-6,9-12H2;2*1H/t17-;;/m0../s1. The lowest BCUT2D eigenvalue weighted by molar-refractivity contribution is 0.0976. The van der Waals surface area contributed by atoms with Gasteiger partial charge >= 0.3 is 0 Å². The van der Waals surface area contributed by atoms with Gasteiger partial charge in [-0.05, 0) is 30.9 Å². The number of halogens is 4. The van der Waals surface area contributed by atoms with Gasteiger partial charge in [0.2, 0.25) is 0 Å². The Morgan fingerprint density at radius 1 is 0.957 bits per heavy atom. The monoisotopic (exact) mass is 366 g/mol. The van der Waals surface area contributed by atoms with Crippen LogP contribution < -0.4 is 5.32 Å². The van der Waals surface area contributed by atoms with Crippen LogP contribution in [0.3, 0.4) is 0 Å². The molecule has 1 aromatic carbocycles. The number of hydrogen-bond donors (Lipinski definition) is 1. The van der Waals surface area contributed by atoms with Crippen LogP contribution in [0.1, 0.15) is 43.7 Å². The van der Waals surface area contributed by atoms with E-state index in [1.165, 1.54) is 37.5 Å². The maximum Gasteiger partial charge on any atom is 0.130 e. The first-order valence-electron chi connectivity index (χ1n) is 8.16. The minimum atomic E-state index is -0.385. The highest BCUT2D eigenvalue weighted by atomic mass is 35.5. The zero-order chi connectivity index (χ0) is 14.7. The van der Waals surface area contributed by atoms with Gasteiger partial charge in [0.25, 0.3) is 0 Å². The summed E-state index contributed by atoms with van der Waals surface area (Å²) in [6.07, 6.45) is 5.79. The van der Waals surface area contributed by atoms with Crippen LogP contribution in [0.2, 0.25) is 0 Å². The van der Waals surface area contributed by atoms with E-state index in [0.717, 1.165) is 39.0 Å². The Morgan fingerprint density at radius 3 is 2.09 bits per heavy atom. The maximum absolute atomic E-state index is 14.3. The predicted octanol–water partition coefficient (Wildman–Crippen LogP) is 4.34. The van der Waals surface area contributed by atoms with Gasteiger partial charge in [-0.25, -0.2) is 8.78 Å². The molecular formula is C17H26Cl2F2N2. The van der Waals surface area contributed by atoms with Crippen LogP contribution in [0.5, 0.6) is 0 Å². The smallest absolute Gasteiger partial charge is 0.130 e. The van der Waals surface area contributed by atoms with Crippen molar-refractivity contribution in [1.82, 2.24) is 10.2 Å². The van der Waals surface area contributed by atoms with Crippen molar-refractivity contribution in [2.75, 3.05) is 26.2 Å². The average molecular weight is 367 g/mol. The van der Waals surface area contributed by atoms with Crippen molar-refractivity contribution in [3.8, 4) is 0 Å². The molecule has 1 aliphatic heterocycles. The summed E-state index contributed by atoms with van der Waals surface area (Å²) in [5.74, 6) is -0.392. The summed E-state index contributed by atoms with van der Waals surface area (Å²) in [6.45, 7) is 3.54. The fraction of sp³-hybridized carbons (Fsp3) is 0.647. The molecule has 1 aromatic rings. The van der Waals surface area contributed by atoms with Crippen LogP contribution in [-0.2, 0) is 0 Å². The third-order valence-corrected chi connectivity index (χ3v) is 4.94. The molecule has 0 bridgehead atoms. The van der Waals surface area contributed by atoms with Crippen LogP contribution in [0.4, 0.5) is 8.78 Å². The molecular weight excluding hydrogens is 341 g/mol. The summed E-state index contributed by atoms with van der Waals surface area (Å²) >= 11 is 0. The molecule has 3 rings (SSSR count). The van der Waals surface area contributed by atoms with Crippen LogP contribution >= 0.6 is 24.8 Å². The van der Waals surface area contributed by atoms with Gasteiger partial charge in [0.05, 0.1) is 0 Å². The Kier molecular flexibility index (Phi) is 8.76. The largest absolute Gasteiger partial charge is 0.314 e. The molecule has 1 aliphatic carbocycles.